The average Bonchev–Trinajstić information content (AvgIpc) is 2.42. The molecular weight excluding hydrogens is 305 g/mol. The van der Waals surface area contributed by atoms with Gasteiger partial charge in [-0.3, -0.25) is 0 Å². The van der Waals surface area contributed by atoms with E-state index in [9.17, 15) is 12.8 Å². The molecule has 1 N–H and O–H groups in total. The summed E-state index contributed by atoms with van der Waals surface area (Å²) in [6, 6.07) is 2.15. The summed E-state index contributed by atoms with van der Waals surface area (Å²) in [5, 5.41) is 8.88. The van der Waals surface area contributed by atoms with Gasteiger partial charge in [0.05, 0.1) is 16.5 Å². The number of benzene rings is 1. The molecule has 0 unspecified atom stereocenters. The number of piperidine rings is 1. The van der Waals surface area contributed by atoms with Crippen LogP contribution in [0.25, 0.3) is 0 Å². The van der Waals surface area contributed by atoms with Gasteiger partial charge in [-0.2, -0.15) is 4.31 Å². The van der Waals surface area contributed by atoms with Crippen molar-refractivity contribution < 1.29 is 17.9 Å². The summed E-state index contributed by atoms with van der Waals surface area (Å²) < 4.78 is 39.9. The van der Waals surface area contributed by atoms with E-state index < -0.39 is 22.4 Å². The van der Waals surface area contributed by atoms with E-state index in [1.807, 2.05) is 0 Å². The molecule has 0 radical (unpaired) electrons. The van der Waals surface area contributed by atoms with E-state index in [1.165, 1.54) is 10.4 Å². The molecule has 0 aliphatic carbocycles. The number of hydrogen-bond acceptors (Lipinski definition) is 3. The highest BCUT2D eigenvalue weighted by Crippen LogP contribution is 2.28. The van der Waals surface area contributed by atoms with Crippen molar-refractivity contribution >= 4 is 21.6 Å². The summed E-state index contributed by atoms with van der Waals surface area (Å²) in [7, 11) is -3.73. The minimum atomic E-state index is -3.73. The maximum absolute atomic E-state index is 13.7. The maximum atomic E-state index is 13.7. The Hall–Kier alpha value is -0.690. The van der Waals surface area contributed by atoms with Gasteiger partial charge >= 0.3 is 0 Å². The molecule has 1 heterocycles. The van der Waals surface area contributed by atoms with E-state index >= 15 is 0 Å². The van der Waals surface area contributed by atoms with Crippen LogP contribution in [0, 0.1) is 11.7 Å². The van der Waals surface area contributed by atoms with Gasteiger partial charge in [0.25, 0.3) is 0 Å². The van der Waals surface area contributed by atoms with Gasteiger partial charge < -0.3 is 5.11 Å². The van der Waals surface area contributed by atoms with Crippen LogP contribution in [0.4, 0.5) is 4.39 Å². The van der Waals surface area contributed by atoms with Crippen LogP contribution < -0.4 is 0 Å². The zero-order valence-corrected chi connectivity index (χ0v) is 12.7. The lowest BCUT2D eigenvalue weighted by molar-refractivity contribution is 0.280. The topological polar surface area (TPSA) is 57.6 Å². The molecule has 1 aromatic rings. The van der Waals surface area contributed by atoms with Crippen molar-refractivity contribution in [1.29, 1.82) is 0 Å². The first-order chi connectivity index (χ1) is 9.36. The van der Waals surface area contributed by atoms with Gasteiger partial charge in [0.15, 0.2) is 0 Å². The van der Waals surface area contributed by atoms with Gasteiger partial charge in [-0.25, -0.2) is 12.8 Å². The second-order valence-corrected chi connectivity index (χ2v) is 7.44. The molecular formula is C13H17ClFNO3S. The van der Waals surface area contributed by atoms with Gasteiger partial charge in [-0.05, 0) is 30.9 Å². The third-order valence-corrected chi connectivity index (χ3v) is 5.93. The average molecular weight is 322 g/mol. The summed E-state index contributed by atoms with van der Waals surface area (Å²) in [6.07, 6.45) is 1.59. The van der Waals surface area contributed by atoms with E-state index in [4.69, 9.17) is 16.7 Å². The van der Waals surface area contributed by atoms with Crippen molar-refractivity contribution in [3.05, 3.63) is 28.5 Å². The molecule has 1 saturated heterocycles. The minimum absolute atomic E-state index is 0.0793. The molecule has 0 saturated carbocycles. The van der Waals surface area contributed by atoms with Crippen LogP contribution in [0.1, 0.15) is 25.3 Å². The van der Waals surface area contributed by atoms with Gasteiger partial charge in [0.2, 0.25) is 10.0 Å². The summed E-state index contributed by atoms with van der Waals surface area (Å²) >= 11 is 5.68. The Morgan fingerprint density at radius 2 is 2.00 bits per heavy atom. The zero-order valence-electron chi connectivity index (χ0n) is 11.1. The van der Waals surface area contributed by atoms with Crippen molar-refractivity contribution in [3.63, 3.8) is 0 Å². The largest absolute Gasteiger partial charge is 0.392 e. The Bertz CT molecular complexity index is 598. The molecule has 1 aromatic carbocycles. The van der Waals surface area contributed by atoms with E-state index in [1.54, 1.807) is 0 Å². The molecule has 0 aromatic heterocycles. The Morgan fingerprint density at radius 3 is 2.55 bits per heavy atom. The van der Waals surface area contributed by atoms with Crippen molar-refractivity contribution in [2.45, 2.75) is 31.3 Å². The van der Waals surface area contributed by atoms with Gasteiger partial charge in [-0.15, -0.1) is 0 Å². The number of sulfonamides is 1. The first-order valence-electron chi connectivity index (χ1n) is 6.45. The first kappa shape index (κ1) is 15.7. The Labute approximate surface area is 123 Å². The third-order valence-electron chi connectivity index (χ3n) is 3.63. The van der Waals surface area contributed by atoms with Crippen LogP contribution in [-0.4, -0.2) is 30.9 Å². The molecule has 4 nitrogen and oxygen atoms in total. The number of hydrogen-bond donors (Lipinski definition) is 1. The fraction of sp³-hybridized carbons (Fsp3) is 0.538. The SMILES string of the molecule is CC1CCN(S(=O)(=O)c2cc(F)c(Cl)c(CO)c2)CC1. The second kappa shape index (κ2) is 5.97. The predicted molar refractivity (Wildman–Crippen MR) is 74.5 cm³/mol. The van der Waals surface area contributed by atoms with Crippen LogP contribution in [0.15, 0.2) is 17.0 Å². The van der Waals surface area contributed by atoms with Crippen LogP contribution >= 0.6 is 11.6 Å². The van der Waals surface area contributed by atoms with Gasteiger partial charge in [0.1, 0.15) is 5.82 Å². The van der Waals surface area contributed by atoms with Crippen molar-refractivity contribution in [2.75, 3.05) is 13.1 Å². The fourth-order valence-corrected chi connectivity index (χ4v) is 3.96. The summed E-state index contributed by atoms with van der Waals surface area (Å²) in [5.41, 5.74) is 0.0793. The highest BCUT2D eigenvalue weighted by atomic mass is 35.5. The lowest BCUT2D eigenvalue weighted by Crippen LogP contribution is -2.37. The molecule has 0 spiro atoms. The molecule has 1 aliphatic rings. The standard InChI is InChI=1S/C13H17ClFNO3S/c1-9-2-4-16(5-3-9)20(18,19)11-6-10(8-17)13(14)12(15)7-11/h6-7,9,17H,2-5,8H2,1H3. The van der Waals surface area contributed by atoms with Gasteiger partial charge in [0, 0.05) is 18.7 Å². The molecule has 0 atom stereocenters. The highest BCUT2D eigenvalue weighted by molar-refractivity contribution is 7.89. The first-order valence-corrected chi connectivity index (χ1v) is 8.27. The van der Waals surface area contributed by atoms with Crippen molar-refractivity contribution in [1.82, 2.24) is 4.31 Å². The quantitative estimate of drug-likeness (QED) is 0.930. The minimum Gasteiger partial charge on any atom is -0.392 e. The number of rotatable bonds is 3. The Balaban J connectivity index is 2.37. The summed E-state index contributed by atoms with van der Waals surface area (Å²) in [4.78, 5) is -0.155. The van der Waals surface area contributed by atoms with E-state index in [0.717, 1.165) is 18.9 Å². The normalized spacial score (nSPS) is 18.4. The van der Waals surface area contributed by atoms with Gasteiger partial charge in [-0.1, -0.05) is 18.5 Å². The molecule has 7 heteroatoms. The zero-order chi connectivity index (χ0) is 14.9. The lowest BCUT2D eigenvalue weighted by Gasteiger charge is -2.29. The molecule has 0 amide bonds. The van der Waals surface area contributed by atoms with E-state index in [2.05, 4.69) is 6.92 Å². The van der Waals surface area contributed by atoms with Crippen LogP contribution in [-0.2, 0) is 16.6 Å². The van der Waals surface area contributed by atoms with Crippen LogP contribution in [0.3, 0.4) is 0 Å². The highest BCUT2D eigenvalue weighted by Gasteiger charge is 2.29. The van der Waals surface area contributed by atoms with Crippen LogP contribution in [0.5, 0.6) is 0 Å². The second-order valence-electron chi connectivity index (χ2n) is 5.12. The van der Waals surface area contributed by atoms with Crippen molar-refractivity contribution in [2.24, 2.45) is 5.92 Å². The molecule has 20 heavy (non-hydrogen) atoms. The van der Waals surface area contributed by atoms with Crippen LogP contribution in [0.2, 0.25) is 5.02 Å². The monoisotopic (exact) mass is 321 g/mol. The number of aliphatic hydroxyl groups is 1. The summed E-state index contributed by atoms with van der Waals surface area (Å²) in [6.45, 7) is 2.44. The Kier molecular flexibility index (Phi) is 4.69. The maximum Gasteiger partial charge on any atom is 0.243 e. The molecule has 2 rings (SSSR count). The molecule has 1 fully saturated rings. The number of aliphatic hydroxyl groups excluding tert-OH is 1. The molecule has 0 bridgehead atoms. The molecule has 112 valence electrons. The summed E-state index contributed by atoms with van der Waals surface area (Å²) in [5.74, 6) is -0.335. The van der Waals surface area contributed by atoms with Crippen molar-refractivity contribution in [3.8, 4) is 0 Å². The third kappa shape index (κ3) is 2.98. The predicted octanol–water partition coefficient (Wildman–Crippen LogP) is 2.39. The smallest absolute Gasteiger partial charge is 0.243 e. The Morgan fingerprint density at radius 1 is 1.40 bits per heavy atom. The van der Waals surface area contributed by atoms with E-state index in [0.29, 0.717) is 19.0 Å². The number of nitrogens with zero attached hydrogens (tertiary/aromatic N) is 1. The lowest BCUT2D eigenvalue weighted by atomic mass is 10.0. The molecule has 1 aliphatic heterocycles. The fourth-order valence-electron chi connectivity index (χ4n) is 2.26. The number of halogens is 2. The van der Waals surface area contributed by atoms with E-state index in [-0.39, 0.29) is 15.5 Å².